The summed E-state index contributed by atoms with van der Waals surface area (Å²) in [6.45, 7) is 7.11. The van der Waals surface area contributed by atoms with Crippen LogP contribution in [0.1, 0.15) is 36.8 Å². The smallest absolute Gasteiger partial charge is 0.412 e. The van der Waals surface area contributed by atoms with Crippen molar-refractivity contribution in [2.24, 2.45) is 0 Å². The Bertz CT molecular complexity index is 1050. The van der Waals surface area contributed by atoms with E-state index < -0.39 is 23.4 Å². The lowest BCUT2D eigenvalue weighted by molar-refractivity contribution is 0.0635. The van der Waals surface area contributed by atoms with Crippen LogP contribution in [0.2, 0.25) is 0 Å². The van der Waals surface area contributed by atoms with E-state index in [2.05, 4.69) is 15.6 Å². The fourth-order valence-corrected chi connectivity index (χ4v) is 2.52. The number of carbonyl (C=O) groups is 2. The second-order valence-corrected chi connectivity index (χ2v) is 7.37. The van der Waals surface area contributed by atoms with Gasteiger partial charge < -0.3 is 14.5 Å². The molecule has 2 N–H and O–H groups in total. The molecule has 0 aliphatic heterocycles. The summed E-state index contributed by atoms with van der Waals surface area (Å²) >= 11 is 0. The number of imidazole rings is 1. The zero-order valence-corrected chi connectivity index (χ0v) is 16.0. The minimum Gasteiger partial charge on any atom is -0.444 e. The number of aryl methyl sites for hydroxylation is 1. The summed E-state index contributed by atoms with van der Waals surface area (Å²) in [6, 6.07) is 7.38. The predicted molar refractivity (Wildman–Crippen MR) is 104 cm³/mol. The second kappa shape index (κ2) is 7.30. The lowest BCUT2D eigenvalue weighted by Gasteiger charge is -2.20. The van der Waals surface area contributed by atoms with Crippen LogP contribution in [0, 0.1) is 12.7 Å². The molecule has 0 aliphatic rings. The molecule has 2 heterocycles. The summed E-state index contributed by atoms with van der Waals surface area (Å²) in [5.74, 6) is -1.09. The van der Waals surface area contributed by atoms with Gasteiger partial charge in [-0.05, 0) is 63.6 Å². The molecular formula is C20H21FN4O3. The quantitative estimate of drug-likeness (QED) is 0.702. The molecule has 7 nitrogen and oxygen atoms in total. The van der Waals surface area contributed by atoms with Gasteiger partial charge in [0, 0.05) is 12.4 Å². The number of aromatic nitrogens is 2. The second-order valence-electron chi connectivity index (χ2n) is 7.37. The molecule has 0 fully saturated rings. The number of nitrogens with one attached hydrogen (secondary N) is 2. The standard InChI is InChI=1S/C20H21FN4O3/c1-12-7-8-25-11-16(22-17(25)9-12)18(26)23-15-10-13(21)5-6-14(15)24-19(27)28-20(2,3)4/h5-11H,1-4H3,(H,23,26)(H,24,27). The third kappa shape index (κ3) is 4.64. The number of nitrogens with zero attached hydrogens (tertiary/aromatic N) is 2. The van der Waals surface area contributed by atoms with Gasteiger partial charge in [0.15, 0.2) is 0 Å². The lowest BCUT2D eigenvalue weighted by atomic mass is 10.2. The fraction of sp³-hybridized carbons (Fsp3) is 0.250. The molecule has 0 bridgehead atoms. The highest BCUT2D eigenvalue weighted by atomic mass is 19.1. The number of halogens is 1. The molecule has 2 amide bonds. The van der Waals surface area contributed by atoms with Crippen molar-refractivity contribution in [3.8, 4) is 0 Å². The Hall–Kier alpha value is -3.42. The molecule has 146 valence electrons. The monoisotopic (exact) mass is 384 g/mol. The van der Waals surface area contributed by atoms with Gasteiger partial charge in [0.1, 0.15) is 22.8 Å². The van der Waals surface area contributed by atoms with Crippen LogP contribution in [-0.4, -0.2) is 27.0 Å². The van der Waals surface area contributed by atoms with E-state index in [0.29, 0.717) is 5.65 Å². The van der Waals surface area contributed by atoms with E-state index in [4.69, 9.17) is 4.74 Å². The molecule has 0 aliphatic carbocycles. The summed E-state index contributed by atoms with van der Waals surface area (Å²) in [7, 11) is 0. The third-order valence-electron chi connectivity index (χ3n) is 3.71. The number of rotatable bonds is 3. The summed E-state index contributed by atoms with van der Waals surface area (Å²) in [5.41, 5.74) is 1.42. The van der Waals surface area contributed by atoms with E-state index in [0.717, 1.165) is 11.6 Å². The van der Waals surface area contributed by atoms with Gasteiger partial charge in [0.05, 0.1) is 11.4 Å². The molecule has 0 atom stereocenters. The van der Waals surface area contributed by atoms with Gasteiger partial charge >= 0.3 is 6.09 Å². The fourth-order valence-electron chi connectivity index (χ4n) is 2.52. The molecule has 1 aromatic carbocycles. The van der Waals surface area contributed by atoms with Gasteiger partial charge in [0.25, 0.3) is 5.91 Å². The van der Waals surface area contributed by atoms with Crippen LogP contribution in [0.15, 0.2) is 42.7 Å². The maximum Gasteiger partial charge on any atom is 0.412 e. The van der Waals surface area contributed by atoms with Crippen LogP contribution in [0.3, 0.4) is 0 Å². The van der Waals surface area contributed by atoms with Crippen molar-refractivity contribution in [3.63, 3.8) is 0 Å². The molecule has 0 spiro atoms. The summed E-state index contributed by atoms with van der Waals surface area (Å²) in [5, 5.41) is 5.10. The highest BCUT2D eigenvalue weighted by Crippen LogP contribution is 2.24. The Kier molecular flexibility index (Phi) is 5.04. The molecule has 28 heavy (non-hydrogen) atoms. The molecule has 0 unspecified atom stereocenters. The molecular weight excluding hydrogens is 363 g/mol. The van der Waals surface area contributed by atoms with E-state index in [1.54, 1.807) is 37.6 Å². The minimum atomic E-state index is -0.710. The number of pyridine rings is 1. The number of anilines is 2. The molecule has 0 saturated carbocycles. The Labute approximate surface area is 161 Å². The SMILES string of the molecule is Cc1ccn2cc(C(=O)Nc3cc(F)ccc3NC(=O)OC(C)(C)C)nc2c1. The normalized spacial score (nSPS) is 11.3. The van der Waals surface area contributed by atoms with E-state index in [-0.39, 0.29) is 17.1 Å². The van der Waals surface area contributed by atoms with Crippen molar-refractivity contribution in [1.29, 1.82) is 0 Å². The first kappa shape index (κ1) is 19.3. The van der Waals surface area contributed by atoms with Crippen molar-refractivity contribution in [2.45, 2.75) is 33.3 Å². The molecule has 0 saturated heterocycles. The molecule has 0 radical (unpaired) electrons. The summed E-state index contributed by atoms with van der Waals surface area (Å²) < 4.78 is 20.6. The van der Waals surface area contributed by atoms with Crippen molar-refractivity contribution < 1.29 is 18.7 Å². The molecule has 8 heteroatoms. The van der Waals surface area contributed by atoms with Gasteiger partial charge in [-0.15, -0.1) is 0 Å². The number of hydrogen-bond acceptors (Lipinski definition) is 4. The lowest BCUT2D eigenvalue weighted by Crippen LogP contribution is -2.27. The minimum absolute atomic E-state index is 0.101. The predicted octanol–water partition coefficient (Wildman–Crippen LogP) is 4.38. The summed E-state index contributed by atoms with van der Waals surface area (Å²) in [4.78, 5) is 28.9. The van der Waals surface area contributed by atoms with Crippen LogP contribution in [0.5, 0.6) is 0 Å². The zero-order valence-electron chi connectivity index (χ0n) is 16.0. The molecule has 2 aromatic heterocycles. The van der Waals surface area contributed by atoms with Gasteiger partial charge in [-0.1, -0.05) is 0 Å². The number of carbonyl (C=O) groups excluding carboxylic acids is 2. The number of amides is 2. The van der Waals surface area contributed by atoms with Crippen molar-refractivity contribution >= 4 is 29.0 Å². The Morgan fingerprint density at radius 1 is 1.11 bits per heavy atom. The highest BCUT2D eigenvalue weighted by Gasteiger charge is 2.19. The first-order valence-corrected chi connectivity index (χ1v) is 8.67. The van der Waals surface area contributed by atoms with E-state index in [1.807, 2.05) is 19.1 Å². The summed E-state index contributed by atoms with van der Waals surface area (Å²) in [6.07, 6.45) is 2.66. The largest absolute Gasteiger partial charge is 0.444 e. The highest BCUT2D eigenvalue weighted by molar-refractivity contribution is 6.06. The number of hydrogen-bond donors (Lipinski definition) is 2. The van der Waals surface area contributed by atoms with Gasteiger partial charge in [-0.25, -0.2) is 14.2 Å². The van der Waals surface area contributed by atoms with Crippen LogP contribution in [0.25, 0.3) is 5.65 Å². The molecule has 3 rings (SSSR count). The van der Waals surface area contributed by atoms with Crippen molar-refractivity contribution in [1.82, 2.24) is 9.38 Å². The van der Waals surface area contributed by atoms with Crippen molar-refractivity contribution in [3.05, 3.63) is 59.8 Å². The van der Waals surface area contributed by atoms with Gasteiger partial charge in [-0.2, -0.15) is 0 Å². The number of fused-ring (bicyclic) bond motifs is 1. The van der Waals surface area contributed by atoms with Crippen molar-refractivity contribution in [2.75, 3.05) is 10.6 Å². The third-order valence-corrected chi connectivity index (χ3v) is 3.71. The van der Waals surface area contributed by atoms with Gasteiger partial charge in [0.2, 0.25) is 0 Å². The first-order valence-electron chi connectivity index (χ1n) is 8.67. The molecule has 3 aromatic rings. The first-order chi connectivity index (χ1) is 13.1. The van der Waals surface area contributed by atoms with Crippen LogP contribution < -0.4 is 10.6 Å². The maximum absolute atomic E-state index is 13.7. The average Bonchev–Trinajstić information content (AvgIpc) is 2.99. The van der Waals surface area contributed by atoms with E-state index in [9.17, 15) is 14.0 Å². The average molecular weight is 384 g/mol. The Balaban J connectivity index is 1.83. The Morgan fingerprint density at radius 2 is 1.86 bits per heavy atom. The maximum atomic E-state index is 13.7. The van der Waals surface area contributed by atoms with Gasteiger partial charge in [-0.3, -0.25) is 10.1 Å². The van der Waals surface area contributed by atoms with E-state index >= 15 is 0 Å². The number of benzene rings is 1. The van der Waals surface area contributed by atoms with Crippen LogP contribution in [-0.2, 0) is 4.74 Å². The van der Waals surface area contributed by atoms with Crippen LogP contribution >= 0.6 is 0 Å². The topological polar surface area (TPSA) is 84.7 Å². The number of ether oxygens (including phenoxy) is 1. The van der Waals surface area contributed by atoms with E-state index in [1.165, 1.54) is 12.1 Å². The van der Waals surface area contributed by atoms with Crippen LogP contribution in [0.4, 0.5) is 20.6 Å². The zero-order chi connectivity index (χ0) is 20.5. The Morgan fingerprint density at radius 3 is 2.57 bits per heavy atom.